The predicted octanol–water partition coefficient (Wildman–Crippen LogP) is 1.35. The first kappa shape index (κ1) is 17.1. The topological polar surface area (TPSA) is 99.0 Å². The minimum Gasteiger partial charge on any atom is -0.467 e. The first-order valence-electron chi connectivity index (χ1n) is 6.85. The maximum absolute atomic E-state index is 12.6. The van der Waals surface area contributed by atoms with E-state index in [2.05, 4.69) is 36.8 Å². The van der Waals surface area contributed by atoms with Crippen LogP contribution in [-0.2, 0) is 9.53 Å². The van der Waals surface area contributed by atoms with Crippen LogP contribution >= 0.6 is 15.9 Å². The first-order valence-corrected chi connectivity index (χ1v) is 7.65. The molecule has 0 spiro atoms. The Labute approximate surface area is 141 Å². The quantitative estimate of drug-likeness (QED) is 0.784. The highest BCUT2D eigenvalue weighted by atomic mass is 79.9. The number of tetrazole rings is 1. The molecule has 0 radical (unpaired) electrons. The smallest absolute Gasteiger partial charge is 0.328 e. The Hall–Kier alpha value is -2.29. The van der Waals surface area contributed by atoms with Crippen LogP contribution in [0.15, 0.2) is 29.0 Å². The van der Waals surface area contributed by atoms with E-state index in [9.17, 15) is 9.59 Å². The van der Waals surface area contributed by atoms with Gasteiger partial charge in [-0.1, -0.05) is 29.8 Å². The number of aromatic nitrogens is 4. The third-order valence-corrected chi connectivity index (χ3v) is 3.70. The number of hydrogen-bond acceptors (Lipinski definition) is 6. The highest BCUT2D eigenvalue weighted by Crippen LogP contribution is 2.20. The minimum absolute atomic E-state index is 0.116. The highest BCUT2D eigenvalue weighted by molar-refractivity contribution is 9.10. The molecule has 1 atom stereocenters. The Balaban J connectivity index is 2.35. The van der Waals surface area contributed by atoms with Crippen molar-refractivity contribution in [3.8, 4) is 5.69 Å². The standard InChI is InChI=1S/C14H16BrN5O3/c1-8(2)12(14(22)23-3)17-13(21)10-6-9(15)4-5-11(10)20-7-16-18-19-20/h4-8,12H,1-3H3,(H,17,21)/t12-/m0/s1. The maximum Gasteiger partial charge on any atom is 0.328 e. The number of ether oxygens (including phenoxy) is 1. The summed E-state index contributed by atoms with van der Waals surface area (Å²) >= 11 is 3.33. The van der Waals surface area contributed by atoms with Crippen LogP contribution in [0.3, 0.4) is 0 Å². The second-order valence-corrected chi connectivity index (χ2v) is 6.05. The van der Waals surface area contributed by atoms with E-state index < -0.39 is 17.9 Å². The van der Waals surface area contributed by atoms with Crippen LogP contribution in [0.4, 0.5) is 0 Å². The number of nitrogens with zero attached hydrogens (tertiary/aromatic N) is 4. The van der Waals surface area contributed by atoms with Crippen molar-refractivity contribution in [1.82, 2.24) is 25.5 Å². The van der Waals surface area contributed by atoms with Crippen molar-refractivity contribution in [3.05, 3.63) is 34.6 Å². The van der Waals surface area contributed by atoms with Crippen LogP contribution in [0, 0.1) is 5.92 Å². The normalized spacial score (nSPS) is 12.0. The summed E-state index contributed by atoms with van der Waals surface area (Å²) in [4.78, 5) is 24.4. The molecule has 0 aliphatic heterocycles. The molecule has 0 saturated heterocycles. The largest absolute Gasteiger partial charge is 0.467 e. The van der Waals surface area contributed by atoms with Crippen LogP contribution in [0.1, 0.15) is 24.2 Å². The van der Waals surface area contributed by atoms with Gasteiger partial charge in [0.2, 0.25) is 0 Å². The fourth-order valence-electron chi connectivity index (χ4n) is 2.01. The van der Waals surface area contributed by atoms with Gasteiger partial charge in [0.05, 0.1) is 18.4 Å². The first-order chi connectivity index (χ1) is 10.9. The zero-order valence-corrected chi connectivity index (χ0v) is 14.4. The zero-order chi connectivity index (χ0) is 17.0. The van der Waals surface area contributed by atoms with Crippen molar-refractivity contribution in [3.63, 3.8) is 0 Å². The number of esters is 1. The molecular formula is C14H16BrN5O3. The summed E-state index contributed by atoms with van der Waals surface area (Å²) in [7, 11) is 1.29. The molecule has 122 valence electrons. The molecular weight excluding hydrogens is 366 g/mol. The lowest BCUT2D eigenvalue weighted by atomic mass is 10.0. The van der Waals surface area contributed by atoms with Gasteiger partial charge in [-0.05, 0) is 34.5 Å². The maximum atomic E-state index is 12.6. The molecule has 1 heterocycles. The van der Waals surface area contributed by atoms with Crippen LogP contribution in [0.25, 0.3) is 5.69 Å². The summed E-state index contributed by atoms with van der Waals surface area (Å²) in [5, 5.41) is 13.6. The average molecular weight is 382 g/mol. The number of methoxy groups -OCH3 is 1. The Bertz CT molecular complexity index is 702. The Morgan fingerprint density at radius 3 is 2.65 bits per heavy atom. The summed E-state index contributed by atoms with van der Waals surface area (Å²) in [6.45, 7) is 3.65. The second-order valence-electron chi connectivity index (χ2n) is 5.13. The van der Waals surface area contributed by atoms with E-state index in [4.69, 9.17) is 4.74 Å². The number of rotatable bonds is 5. The molecule has 1 aromatic heterocycles. The minimum atomic E-state index is -0.742. The molecule has 0 aliphatic carbocycles. The molecule has 2 aromatic rings. The second kappa shape index (κ2) is 7.32. The molecule has 0 aliphatic rings. The van der Waals surface area contributed by atoms with Crippen molar-refractivity contribution in [2.45, 2.75) is 19.9 Å². The highest BCUT2D eigenvalue weighted by Gasteiger charge is 2.26. The van der Waals surface area contributed by atoms with Gasteiger partial charge in [-0.15, -0.1) is 5.10 Å². The van der Waals surface area contributed by atoms with Gasteiger partial charge >= 0.3 is 5.97 Å². The average Bonchev–Trinajstić information content (AvgIpc) is 3.05. The van der Waals surface area contributed by atoms with E-state index in [1.807, 2.05) is 13.8 Å². The van der Waals surface area contributed by atoms with Gasteiger partial charge in [0.1, 0.15) is 12.4 Å². The Kier molecular flexibility index (Phi) is 5.43. The molecule has 0 bridgehead atoms. The van der Waals surface area contributed by atoms with Gasteiger partial charge in [0, 0.05) is 4.47 Å². The van der Waals surface area contributed by atoms with E-state index >= 15 is 0 Å². The Morgan fingerprint density at radius 1 is 1.35 bits per heavy atom. The van der Waals surface area contributed by atoms with E-state index in [-0.39, 0.29) is 5.92 Å². The number of carbonyl (C=O) groups excluding carboxylic acids is 2. The molecule has 23 heavy (non-hydrogen) atoms. The van der Waals surface area contributed by atoms with Crippen molar-refractivity contribution in [2.24, 2.45) is 5.92 Å². The lowest BCUT2D eigenvalue weighted by molar-refractivity contribution is -0.144. The van der Waals surface area contributed by atoms with E-state index in [1.165, 1.54) is 18.1 Å². The number of carbonyl (C=O) groups is 2. The molecule has 0 saturated carbocycles. The summed E-state index contributed by atoms with van der Waals surface area (Å²) in [5.74, 6) is -1.02. The zero-order valence-electron chi connectivity index (χ0n) is 12.9. The number of amides is 1. The fourth-order valence-corrected chi connectivity index (χ4v) is 2.37. The molecule has 8 nitrogen and oxygen atoms in total. The van der Waals surface area contributed by atoms with Crippen molar-refractivity contribution >= 4 is 27.8 Å². The van der Waals surface area contributed by atoms with E-state index in [0.717, 1.165) is 4.47 Å². The fraction of sp³-hybridized carbons (Fsp3) is 0.357. The van der Waals surface area contributed by atoms with Gasteiger partial charge in [0.25, 0.3) is 5.91 Å². The van der Waals surface area contributed by atoms with Gasteiger partial charge in [-0.2, -0.15) is 4.68 Å². The van der Waals surface area contributed by atoms with Gasteiger partial charge < -0.3 is 10.1 Å². The lowest BCUT2D eigenvalue weighted by Gasteiger charge is -2.20. The number of hydrogen-bond donors (Lipinski definition) is 1. The SMILES string of the molecule is COC(=O)[C@@H](NC(=O)c1cc(Br)ccc1-n1cnnn1)C(C)C. The van der Waals surface area contributed by atoms with E-state index in [1.54, 1.807) is 18.2 Å². The third-order valence-electron chi connectivity index (χ3n) is 3.21. The summed E-state index contributed by atoms with van der Waals surface area (Å²) < 4.78 is 6.84. The summed E-state index contributed by atoms with van der Waals surface area (Å²) in [6.07, 6.45) is 1.39. The van der Waals surface area contributed by atoms with Crippen LogP contribution in [0.5, 0.6) is 0 Å². The molecule has 1 aromatic carbocycles. The summed E-state index contributed by atoms with van der Waals surface area (Å²) in [6, 6.07) is 4.38. The molecule has 1 amide bonds. The van der Waals surface area contributed by atoms with Gasteiger partial charge in [0.15, 0.2) is 0 Å². The van der Waals surface area contributed by atoms with Crippen LogP contribution < -0.4 is 5.32 Å². The van der Waals surface area contributed by atoms with Crippen molar-refractivity contribution < 1.29 is 14.3 Å². The number of benzene rings is 1. The van der Waals surface area contributed by atoms with Crippen LogP contribution in [0.2, 0.25) is 0 Å². The monoisotopic (exact) mass is 381 g/mol. The number of halogens is 1. The van der Waals surface area contributed by atoms with Crippen LogP contribution in [-0.4, -0.2) is 45.2 Å². The lowest BCUT2D eigenvalue weighted by Crippen LogP contribution is -2.45. The summed E-state index contributed by atoms with van der Waals surface area (Å²) in [5.41, 5.74) is 0.837. The Morgan fingerprint density at radius 2 is 2.09 bits per heavy atom. The third kappa shape index (κ3) is 3.92. The van der Waals surface area contributed by atoms with Crippen molar-refractivity contribution in [2.75, 3.05) is 7.11 Å². The predicted molar refractivity (Wildman–Crippen MR) is 85.0 cm³/mol. The van der Waals surface area contributed by atoms with E-state index in [0.29, 0.717) is 11.3 Å². The van der Waals surface area contributed by atoms with Gasteiger partial charge in [-0.25, -0.2) is 4.79 Å². The molecule has 1 N–H and O–H groups in total. The molecule has 2 rings (SSSR count). The van der Waals surface area contributed by atoms with Gasteiger partial charge in [-0.3, -0.25) is 4.79 Å². The number of nitrogens with one attached hydrogen (secondary N) is 1. The molecule has 0 fully saturated rings. The van der Waals surface area contributed by atoms with Crippen molar-refractivity contribution in [1.29, 1.82) is 0 Å². The molecule has 0 unspecified atom stereocenters. The molecule has 9 heteroatoms.